The molecule has 0 spiro atoms. The maximum Gasteiger partial charge on any atom is 0.229 e. The third kappa shape index (κ3) is 3.08. The lowest BCUT2D eigenvalue weighted by molar-refractivity contribution is -0.138. The van der Waals surface area contributed by atoms with Crippen molar-refractivity contribution in [3.63, 3.8) is 0 Å². The van der Waals surface area contributed by atoms with Crippen LogP contribution in [0.25, 0.3) is 0 Å². The van der Waals surface area contributed by atoms with E-state index in [1.54, 1.807) is 13.3 Å². The summed E-state index contributed by atoms with van der Waals surface area (Å²) < 4.78 is 13.2. The molecule has 0 N–H and O–H groups in total. The molecule has 2 aliphatic heterocycles. The van der Waals surface area contributed by atoms with Crippen LogP contribution in [-0.4, -0.2) is 46.9 Å². The van der Waals surface area contributed by atoms with Crippen molar-refractivity contribution in [3.8, 4) is 11.5 Å². The van der Waals surface area contributed by atoms with Crippen LogP contribution < -0.4 is 9.47 Å². The lowest BCUT2D eigenvalue weighted by atomic mass is 9.95. The van der Waals surface area contributed by atoms with Gasteiger partial charge in [-0.25, -0.2) is 0 Å². The highest BCUT2D eigenvalue weighted by molar-refractivity contribution is 5.80. The van der Waals surface area contributed by atoms with Crippen molar-refractivity contribution in [2.24, 2.45) is 5.92 Å². The number of fused-ring (bicyclic) bond motifs is 1. The molecule has 1 saturated heterocycles. The number of rotatable bonds is 4. The summed E-state index contributed by atoms with van der Waals surface area (Å²) in [4.78, 5) is 15.1. The molecule has 132 valence electrons. The summed E-state index contributed by atoms with van der Waals surface area (Å²) in [6, 6.07) is 7.99. The van der Waals surface area contributed by atoms with E-state index in [2.05, 4.69) is 5.10 Å². The second kappa shape index (κ2) is 6.78. The van der Waals surface area contributed by atoms with Crippen LogP contribution in [0.3, 0.4) is 0 Å². The normalized spacial score (nSPS) is 22.4. The molecule has 0 saturated carbocycles. The molecule has 4 rings (SSSR count). The van der Waals surface area contributed by atoms with Crippen LogP contribution in [0.15, 0.2) is 36.7 Å². The fraction of sp³-hybridized carbons (Fsp3) is 0.474. The van der Waals surface area contributed by atoms with Crippen LogP contribution in [0.1, 0.15) is 18.4 Å². The van der Waals surface area contributed by atoms with Crippen LogP contribution in [0.5, 0.6) is 11.5 Å². The van der Waals surface area contributed by atoms with Gasteiger partial charge in [0.05, 0.1) is 25.6 Å². The second-order valence-corrected chi connectivity index (χ2v) is 6.72. The molecule has 0 bridgehead atoms. The van der Waals surface area contributed by atoms with E-state index in [-0.39, 0.29) is 17.9 Å². The van der Waals surface area contributed by atoms with Gasteiger partial charge in [-0.05, 0) is 37.0 Å². The van der Waals surface area contributed by atoms with Gasteiger partial charge in [0, 0.05) is 18.9 Å². The molecule has 1 aromatic heterocycles. The van der Waals surface area contributed by atoms with Gasteiger partial charge in [-0.1, -0.05) is 12.1 Å². The number of aromatic nitrogens is 2. The highest BCUT2D eigenvalue weighted by atomic mass is 16.5. The molecule has 1 aromatic carbocycles. The molecule has 2 atom stereocenters. The van der Waals surface area contributed by atoms with Crippen molar-refractivity contribution in [3.05, 3.63) is 42.2 Å². The number of methoxy groups -OCH3 is 1. The summed E-state index contributed by atoms with van der Waals surface area (Å²) >= 11 is 0. The lowest BCUT2D eigenvalue weighted by Gasteiger charge is -2.32. The average Bonchev–Trinajstić information content (AvgIpc) is 3.32. The zero-order valence-corrected chi connectivity index (χ0v) is 14.4. The molecule has 3 heterocycles. The number of nitrogens with zero attached hydrogens (tertiary/aromatic N) is 3. The van der Waals surface area contributed by atoms with Crippen LogP contribution in [0.4, 0.5) is 0 Å². The topological polar surface area (TPSA) is 56.6 Å². The first-order chi connectivity index (χ1) is 12.3. The summed E-state index contributed by atoms with van der Waals surface area (Å²) in [6.07, 6.45) is 6.52. The Hall–Kier alpha value is -2.50. The van der Waals surface area contributed by atoms with Gasteiger partial charge in [0.2, 0.25) is 5.91 Å². The zero-order valence-electron chi connectivity index (χ0n) is 14.4. The predicted octanol–water partition coefficient (Wildman–Crippen LogP) is 2.13. The smallest absolute Gasteiger partial charge is 0.229 e. The number of para-hydroxylation sites is 1. The van der Waals surface area contributed by atoms with Gasteiger partial charge < -0.3 is 14.4 Å². The Morgan fingerprint density at radius 1 is 1.40 bits per heavy atom. The molecule has 6 nitrogen and oxygen atoms in total. The number of carbonyl (C=O) groups excluding carboxylic acids is 1. The number of benzene rings is 1. The SMILES string of the molecule is COc1cccc2c1OCC(C(=O)N1CCCC1Cn1cccn1)C2. The van der Waals surface area contributed by atoms with Gasteiger partial charge in [-0.3, -0.25) is 9.48 Å². The van der Waals surface area contributed by atoms with Crippen molar-refractivity contribution >= 4 is 5.91 Å². The number of amides is 1. The molecule has 0 aliphatic carbocycles. The van der Waals surface area contributed by atoms with Crippen LogP contribution in [0, 0.1) is 5.92 Å². The monoisotopic (exact) mass is 341 g/mol. The predicted molar refractivity (Wildman–Crippen MR) is 92.6 cm³/mol. The standard InChI is InChI=1S/C19H23N3O3/c1-24-17-7-2-5-14-11-15(13-25-18(14)17)19(23)22-10-3-6-16(22)12-21-9-4-8-20-21/h2,4-5,7-9,15-16H,3,6,10-13H2,1H3. The number of ether oxygens (including phenoxy) is 2. The lowest BCUT2D eigenvalue weighted by Crippen LogP contribution is -2.44. The van der Waals surface area contributed by atoms with Crippen molar-refractivity contribution in [1.29, 1.82) is 0 Å². The number of likely N-dealkylation sites (tertiary alicyclic amines) is 1. The molecule has 1 fully saturated rings. The van der Waals surface area contributed by atoms with E-state index in [1.165, 1.54) is 0 Å². The summed E-state index contributed by atoms with van der Waals surface area (Å²) in [7, 11) is 1.64. The maximum absolute atomic E-state index is 13.1. The second-order valence-electron chi connectivity index (χ2n) is 6.72. The van der Waals surface area contributed by atoms with Crippen LogP contribution in [-0.2, 0) is 17.8 Å². The van der Waals surface area contributed by atoms with E-state index in [9.17, 15) is 4.79 Å². The number of carbonyl (C=O) groups is 1. The average molecular weight is 341 g/mol. The first-order valence-electron chi connectivity index (χ1n) is 8.83. The van der Waals surface area contributed by atoms with Gasteiger partial charge >= 0.3 is 0 Å². The van der Waals surface area contributed by atoms with Crippen molar-refractivity contribution in [2.75, 3.05) is 20.3 Å². The fourth-order valence-electron chi connectivity index (χ4n) is 3.89. The van der Waals surface area contributed by atoms with Crippen molar-refractivity contribution < 1.29 is 14.3 Å². The van der Waals surface area contributed by atoms with Gasteiger partial charge in [0.25, 0.3) is 0 Å². The maximum atomic E-state index is 13.1. The highest BCUT2D eigenvalue weighted by Crippen LogP contribution is 2.37. The Bertz CT molecular complexity index is 744. The molecule has 0 radical (unpaired) electrons. The molecular weight excluding hydrogens is 318 g/mol. The van der Waals surface area contributed by atoms with Gasteiger partial charge in [0.15, 0.2) is 11.5 Å². The minimum Gasteiger partial charge on any atom is -0.493 e. The van der Waals surface area contributed by atoms with Crippen LogP contribution >= 0.6 is 0 Å². The Morgan fingerprint density at radius 2 is 2.32 bits per heavy atom. The molecule has 2 aromatic rings. The summed E-state index contributed by atoms with van der Waals surface area (Å²) in [5, 5.41) is 4.27. The largest absolute Gasteiger partial charge is 0.493 e. The number of hydrogen-bond donors (Lipinski definition) is 0. The number of hydrogen-bond acceptors (Lipinski definition) is 4. The molecular formula is C19H23N3O3. The van der Waals surface area contributed by atoms with Crippen molar-refractivity contribution in [2.45, 2.75) is 31.8 Å². The van der Waals surface area contributed by atoms with E-state index in [1.807, 2.05) is 40.0 Å². The van der Waals surface area contributed by atoms with Gasteiger partial charge in [-0.15, -0.1) is 0 Å². The third-order valence-electron chi connectivity index (χ3n) is 5.14. The third-order valence-corrected chi connectivity index (χ3v) is 5.14. The van der Waals surface area contributed by atoms with E-state index >= 15 is 0 Å². The van der Waals surface area contributed by atoms with E-state index in [0.29, 0.717) is 13.0 Å². The Morgan fingerprint density at radius 3 is 3.12 bits per heavy atom. The van der Waals surface area contributed by atoms with E-state index in [0.717, 1.165) is 43.0 Å². The Labute approximate surface area is 147 Å². The van der Waals surface area contributed by atoms with Gasteiger partial charge in [0.1, 0.15) is 6.61 Å². The zero-order chi connectivity index (χ0) is 17.2. The molecule has 2 unspecified atom stereocenters. The Balaban J connectivity index is 1.47. The minimum absolute atomic E-state index is 0.127. The first-order valence-corrected chi connectivity index (χ1v) is 8.83. The summed E-state index contributed by atoms with van der Waals surface area (Å²) in [5.74, 6) is 1.59. The van der Waals surface area contributed by atoms with Gasteiger partial charge in [-0.2, -0.15) is 5.10 Å². The first kappa shape index (κ1) is 16.0. The fourth-order valence-corrected chi connectivity index (χ4v) is 3.89. The molecule has 25 heavy (non-hydrogen) atoms. The summed E-state index contributed by atoms with van der Waals surface area (Å²) in [6.45, 7) is 2.00. The summed E-state index contributed by atoms with van der Waals surface area (Å²) in [5.41, 5.74) is 1.05. The van der Waals surface area contributed by atoms with Crippen LogP contribution in [0.2, 0.25) is 0 Å². The van der Waals surface area contributed by atoms with Crippen molar-refractivity contribution in [1.82, 2.24) is 14.7 Å². The van der Waals surface area contributed by atoms with E-state index in [4.69, 9.17) is 9.47 Å². The molecule has 6 heteroatoms. The quantitative estimate of drug-likeness (QED) is 0.855. The Kier molecular flexibility index (Phi) is 4.34. The highest BCUT2D eigenvalue weighted by Gasteiger charge is 2.36. The molecule has 2 aliphatic rings. The minimum atomic E-state index is -0.127. The molecule has 1 amide bonds. The van der Waals surface area contributed by atoms with E-state index < -0.39 is 0 Å².